The monoisotopic (exact) mass is 670 g/mol. The van der Waals surface area contributed by atoms with E-state index in [1.807, 2.05) is 0 Å². The summed E-state index contributed by atoms with van der Waals surface area (Å²) in [7, 11) is -4.75. The molecule has 8 nitrogen and oxygen atoms in total. The number of esters is 2. The molecule has 0 spiro atoms. The van der Waals surface area contributed by atoms with Crippen LogP contribution >= 0.6 is 7.82 Å². The second-order valence-electron chi connectivity index (χ2n) is 12.2. The molecule has 9 heteroatoms. The first-order valence-corrected chi connectivity index (χ1v) is 19.8. The minimum Gasteiger partial charge on any atom is -0.462 e. The van der Waals surface area contributed by atoms with Gasteiger partial charge in [-0.05, 0) is 64.2 Å². The normalized spacial score (nSPS) is 12.9. The summed E-state index contributed by atoms with van der Waals surface area (Å²) in [5.74, 6) is -0.923. The van der Waals surface area contributed by atoms with E-state index in [9.17, 15) is 14.2 Å². The maximum atomic E-state index is 12.3. The van der Waals surface area contributed by atoms with Gasteiger partial charge in [-0.2, -0.15) is 0 Å². The second-order valence-corrected chi connectivity index (χ2v) is 13.5. The Balaban J connectivity index is 4.04. The van der Waals surface area contributed by atoms with Gasteiger partial charge in [0.2, 0.25) is 0 Å². The summed E-state index contributed by atoms with van der Waals surface area (Å²) in [5, 5.41) is 0. The molecule has 0 bridgehead atoms. The van der Waals surface area contributed by atoms with E-state index < -0.39 is 32.5 Å². The Bertz CT molecular complexity index is 848. The molecule has 2 N–H and O–H groups in total. The number of rotatable bonds is 33. The van der Waals surface area contributed by atoms with Crippen LogP contribution in [0.1, 0.15) is 168 Å². The minimum absolute atomic E-state index is 0.188. The second kappa shape index (κ2) is 33.2. The number of phosphoric ester groups is 1. The zero-order valence-electron chi connectivity index (χ0n) is 29.2. The Morgan fingerprint density at radius 2 is 0.978 bits per heavy atom. The van der Waals surface area contributed by atoms with Crippen LogP contribution in [0.2, 0.25) is 0 Å². The Morgan fingerprint density at radius 3 is 1.50 bits per heavy atom. The van der Waals surface area contributed by atoms with Crippen LogP contribution < -0.4 is 0 Å². The zero-order valence-corrected chi connectivity index (χ0v) is 30.1. The Hall–Kier alpha value is -1.73. The van der Waals surface area contributed by atoms with Gasteiger partial charge in [0, 0.05) is 12.8 Å². The molecule has 0 radical (unpaired) electrons. The number of allylic oxidation sites excluding steroid dienone is 6. The van der Waals surface area contributed by atoms with E-state index >= 15 is 0 Å². The lowest BCUT2D eigenvalue weighted by molar-refractivity contribution is -0.161. The maximum absolute atomic E-state index is 12.3. The van der Waals surface area contributed by atoms with Crippen molar-refractivity contribution in [1.82, 2.24) is 0 Å². The van der Waals surface area contributed by atoms with Gasteiger partial charge in [0.1, 0.15) is 6.61 Å². The molecule has 0 aliphatic heterocycles. The molecule has 0 unspecified atom stereocenters. The van der Waals surface area contributed by atoms with Crippen LogP contribution in [0, 0.1) is 0 Å². The summed E-state index contributed by atoms with van der Waals surface area (Å²) in [6.45, 7) is 3.61. The molecule has 0 aliphatic carbocycles. The average molecular weight is 671 g/mol. The number of ether oxygens (including phenoxy) is 2. The van der Waals surface area contributed by atoms with Crippen LogP contribution in [0.5, 0.6) is 0 Å². The first kappa shape index (κ1) is 44.3. The lowest BCUT2D eigenvalue weighted by atomic mass is 10.1. The third kappa shape index (κ3) is 35.1. The first-order chi connectivity index (χ1) is 22.3. The number of hydrogen-bond donors (Lipinski definition) is 2. The number of phosphoric acid groups is 1. The summed E-state index contributed by atoms with van der Waals surface area (Å²) in [5.41, 5.74) is 0. The summed E-state index contributed by atoms with van der Waals surface area (Å²) < 4.78 is 26.2. The molecule has 0 heterocycles. The van der Waals surface area contributed by atoms with E-state index in [0.29, 0.717) is 12.8 Å². The summed E-state index contributed by atoms with van der Waals surface area (Å²) in [4.78, 5) is 42.6. The van der Waals surface area contributed by atoms with Crippen LogP contribution in [-0.2, 0) is 28.2 Å². The molecule has 0 amide bonds. The molecule has 0 aromatic carbocycles. The predicted molar refractivity (Wildman–Crippen MR) is 188 cm³/mol. The third-order valence-corrected chi connectivity index (χ3v) is 8.14. The van der Waals surface area contributed by atoms with Crippen LogP contribution in [0.4, 0.5) is 0 Å². The summed E-state index contributed by atoms with van der Waals surface area (Å²) in [6.07, 6.45) is 37.2. The molecule has 46 heavy (non-hydrogen) atoms. The third-order valence-electron chi connectivity index (χ3n) is 7.66. The average Bonchev–Trinajstić information content (AvgIpc) is 3.02. The number of carbonyl (C=O) groups is 2. The van der Waals surface area contributed by atoms with Gasteiger partial charge < -0.3 is 19.3 Å². The van der Waals surface area contributed by atoms with Crippen molar-refractivity contribution >= 4 is 19.8 Å². The van der Waals surface area contributed by atoms with E-state index in [4.69, 9.17) is 19.3 Å². The molecule has 0 aromatic heterocycles. The van der Waals surface area contributed by atoms with Crippen LogP contribution in [0.15, 0.2) is 36.5 Å². The highest BCUT2D eigenvalue weighted by Gasteiger charge is 2.22. The van der Waals surface area contributed by atoms with Crippen LogP contribution in [-0.4, -0.2) is 41.0 Å². The smallest absolute Gasteiger partial charge is 0.462 e. The van der Waals surface area contributed by atoms with Gasteiger partial charge in [-0.25, -0.2) is 4.57 Å². The van der Waals surface area contributed by atoms with Crippen molar-refractivity contribution in [1.29, 1.82) is 0 Å². The minimum atomic E-state index is -4.75. The Kier molecular flexibility index (Phi) is 31.9. The number of carbonyl (C=O) groups excluding carboxylic acids is 2. The van der Waals surface area contributed by atoms with Crippen molar-refractivity contribution in [3.8, 4) is 0 Å². The topological polar surface area (TPSA) is 119 Å². The van der Waals surface area contributed by atoms with Gasteiger partial charge in [-0.3, -0.25) is 14.1 Å². The van der Waals surface area contributed by atoms with Crippen molar-refractivity contribution in [3.63, 3.8) is 0 Å². The molecular formula is C37H67O8P. The molecule has 0 saturated heterocycles. The maximum Gasteiger partial charge on any atom is 0.469 e. The van der Waals surface area contributed by atoms with Crippen molar-refractivity contribution in [2.45, 2.75) is 174 Å². The SMILES string of the molecule is CCCCCC/C=C/C=C/CCCCCCCC(=O)OC[C@H](COP(=O)(O)O)OC(=O)CCCCC/C=C/CCCCCCCC. The van der Waals surface area contributed by atoms with Gasteiger partial charge in [0.15, 0.2) is 6.10 Å². The fourth-order valence-electron chi connectivity index (χ4n) is 4.89. The lowest BCUT2D eigenvalue weighted by Crippen LogP contribution is -2.29. The van der Waals surface area contributed by atoms with Gasteiger partial charge in [0.05, 0.1) is 6.61 Å². The zero-order chi connectivity index (χ0) is 34.0. The highest BCUT2D eigenvalue weighted by atomic mass is 31.2. The lowest BCUT2D eigenvalue weighted by Gasteiger charge is -2.18. The van der Waals surface area contributed by atoms with E-state index in [1.165, 1.54) is 64.2 Å². The number of hydrogen-bond acceptors (Lipinski definition) is 6. The van der Waals surface area contributed by atoms with Gasteiger partial charge in [-0.15, -0.1) is 0 Å². The van der Waals surface area contributed by atoms with Crippen molar-refractivity contribution < 1.29 is 37.9 Å². The molecule has 1 atom stereocenters. The molecule has 0 aromatic rings. The highest BCUT2D eigenvalue weighted by Crippen LogP contribution is 2.36. The molecule has 0 saturated carbocycles. The Morgan fingerprint density at radius 1 is 0.565 bits per heavy atom. The van der Waals surface area contributed by atoms with E-state index in [0.717, 1.165) is 64.2 Å². The van der Waals surface area contributed by atoms with E-state index in [2.05, 4.69) is 54.8 Å². The van der Waals surface area contributed by atoms with Crippen LogP contribution in [0.3, 0.4) is 0 Å². The van der Waals surface area contributed by atoms with Gasteiger partial charge in [0.25, 0.3) is 0 Å². The summed E-state index contributed by atoms with van der Waals surface area (Å²) >= 11 is 0. The largest absolute Gasteiger partial charge is 0.469 e. The van der Waals surface area contributed by atoms with Gasteiger partial charge >= 0.3 is 19.8 Å². The van der Waals surface area contributed by atoms with E-state index in [-0.39, 0.29) is 19.4 Å². The summed E-state index contributed by atoms with van der Waals surface area (Å²) in [6, 6.07) is 0. The van der Waals surface area contributed by atoms with Crippen molar-refractivity contribution in [3.05, 3.63) is 36.5 Å². The first-order valence-electron chi connectivity index (χ1n) is 18.3. The highest BCUT2D eigenvalue weighted by molar-refractivity contribution is 7.46. The molecular weight excluding hydrogens is 603 g/mol. The van der Waals surface area contributed by atoms with Crippen molar-refractivity contribution in [2.24, 2.45) is 0 Å². The Labute approximate surface area is 281 Å². The van der Waals surface area contributed by atoms with Crippen molar-refractivity contribution in [2.75, 3.05) is 13.2 Å². The quantitative estimate of drug-likeness (QED) is 0.0233. The molecule has 0 aliphatic rings. The standard InChI is InChI=1S/C37H67O8P/c1-3-5-7-9-11-13-15-17-18-20-21-23-25-27-29-31-36(38)43-33-35(34-44-46(40,41)42)45-37(39)32-30-28-26-24-22-19-16-14-12-10-8-6-4-2/h13,15,17-19,22,35H,3-12,14,16,20-21,23-34H2,1-2H3,(H2,40,41,42)/b15-13+,18-17+,22-19+/t35-/m1/s1. The predicted octanol–water partition coefficient (Wildman–Crippen LogP) is 10.6. The molecule has 0 fully saturated rings. The number of unbranched alkanes of at least 4 members (excludes halogenated alkanes) is 18. The molecule has 268 valence electrons. The molecule has 0 rings (SSSR count). The van der Waals surface area contributed by atoms with Gasteiger partial charge in [-0.1, -0.05) is 127 Å². The fourth-order valence-corrected chi connectivity index (χ4v) is 5.25. The fraction of sp³-hybridized carbons (Fsp3) is 0.784. The van der Waals surface area contributed by atoms with Crippen LogP contribution in [0.25, 0.3) is 0 Å². The van der Waals surface area contributed by atoms with E-state index in [1.54, 1.807) is 0 Å².